The Bertz CT molecular complexity index is 782. The van der Waals surface area contributed by atoms with Crippen LogP contribution < -0.4 is 5.32 Å². The van der Waals surface area contributed by atoms with Crippen LogP contribution in [0.3, 0.4) is 0 Å². The first-order valence-electron chi connectivity index (χ1n) is 9.44. The third-order valence-corrected chi connectivity index (χ3v) is 6.73. The lowest BCUT2D eigenvalue weighted by atomic mass is 9.63. The second-order valence-corrected chi connectivity index (χ2v) is 8.12. The highest BCUT2D eigenvalue weighted by Gasteiger charge is 2.67. The fourth-order valence-electron chi connectivity index (χ4n) is 5.43. The number of likely N-dealkylation sites (tertiary alicyclic amines) is 1. The van der Waals surface area contributed by atoms with E-state index in [1.54, 1.807) is 0 Å². The van der Waals surface area contributed by atoms with Crippen molar-refractivity contribution >= 4 is 17.7 Å². The standard InChI is InChI=1S/C21H22N2O3/c1-11(12-5-3-2-4-6-12)22-17(24)10-23-20(25)18-13-7-8-14(16-9-15(13)16)19(18)21(23)26/h2-8,11,13-16,18-19H,9-10H2,1H3,(H,22,24). The number of hydrogen-bond acceptors (Lipinski definition) is 3. The van der Waals surface area contributed by atoms with Crippen LogP contribution >= 0.6 is 0 Å². The highest BCUT2D eigenvalue weighted by atomic mass is 16.2. The molecule has 3 amide bonds. The van der Waals surface area contributed by atoms with Crippen LogP contribution in [0.5, 0.6) is 0 Å². The fourth-order valence-corrected chi connectivity index (χ4v) is 5.43. The van der Waals surface area contributed by atoms with Crippen LogP contribution in [0.2, 0.25) is 0 Å². The van der Waals surface area contributed by atoms with Crippen molar-refractivity contribution in [3.63, 3.8) is 0 Å². The van der Waals surface area contributed by atoms with Crippen LogP contribution in [0.15, 0.2) is 42.5 Å². The predicted molar refractivity (Wildman–Crippen MR) is 94.4 cm³/mol. The van der Waals surface area contributed by atoms with Gasteiger partial charge in [-0.1, -0.05) is 42.5 Å². The number of carbonyl (C=O) groups is 3. The summed E-state index contributed by atoms with van der Waals surface area (Å²) < 4.78 is 0. The Balaban J connectivity index is 1.29. The summed E-state index contributed by atoms with van der Waals surface area (Å²) in [6.45, 7) is 1.73. The van der Waals surface area contributed by atoms with Gasteiger partial charge in [-0.15, -0.1) is 0 Å². The molecule has 1 heterocycles. The molecule has 1 aromatic carbocycles. The van der Waals surface area contributed by atoms with Crippen molar-refractivity contribution in [2.75, 3.05) is 6.54 Å². The molecule has 6 rings (SSSR count). The van der Waals surface area contributed by atoms with E-state index in [0.29, 0.717) is 11.8 Å². The lowest BCUT2D eigenvalue weighted by Gasteiger charge is -2.37. The topological polar surface area (TPSA) is 66.5 Å². The smallest absolute Gasteiger partial charge is 0.240 e. The Morgan fingerprint density at radius 3 is 2.23 bits per heavy atom. The SMILES string of the molecule is CC(NC(=O)CN1C(=O)C2C3C=CC(C4CC34)C2C1=O)c1ccccc1. The first-order chi connectivity index (χ1) is 12.6. The number of allylic oxidation sites excluding steroid dienone is 2. The summed E-state index contributed by atoms with van der Waals surface area (Å²) in [6.07, 6.45) is 5.43. The minimum atomic E-state index is -0.285. The van der Waals surface area contributed by atoms with Crippen LogP contribution in [0.1, 0.15) is 24.9 Å². The van der Waals surface area contributed by atoms with E-state index in [1.807, 2.05) is 37.3 Å². The molecule has 1 aliphatic heterocycles. The molecule has 0 spiro atoms. The summed E-state index contributed by atoms with van der Waals surface area (Å²) in [5.74, 6) is 0.503. The number of imide groups is 1. The van der Waals surface area contributed by atoms with E-state index in [2.05, 4.69) is 17.5 Å². The van der Waals surface area contributed by atoms with E-state index in [0.717, 1.165) is 12.0 Å². The van der Waals surface area contributed by atoms with E-state index in [9.17, 15) is 14.4 Å². The van der Waals surface area contributed by atoms with Gasteiger partial charge in [-0.05, 0) is 42.6 Å². The van der Waals surface area contributed by atoms with Gasteiger partial charge in [0.2, 0.25) is 17.7 Å². The lowest BCUT2D eigenvalue weighted by molar-refractivity contribution is -0.144. The lowest BCUT2D eigenvalue weighted by Crippen LogP contribution is -2.42. The summed E-state index contributed by atoms with van der Waals surface area (Å²) >= 11 is 0. The van der Waals surface area contributed by atoms with Gasteiger partial charge in [0.15, 0.2) is 0 Å². The van der Waals surface area contributed by atoms with Crippen LogP contribution in [-0.2, 0) is 14.4 Å². The van der Waals surface area contributed by atoms with Crippen LogP contribution in [0, 0.1) is 35.5 Å². The van der Waals surface area contributed by atoms with E-state index in [1.165, 1.54) is 4.90 Å². The molecule has 2 saturated carbocycles. The average molecular weight is 350 g/mol. The molecule has 1 aromatic rings. The number of nitrogens with one attached hydrogen (secondary N) is 1. The maximum atomic E-state index is 12.9. The minimum absolute atomic E-state index is 0.146. The molecule has 0 aromatic heterocycles. The third-order valence-electron chi connectivity index (χ3n) is 6.73. The Labute approximate surface area is 152 Å². The van der Waals surface area contributed by atoms with Crippen molar-refractivity contribution in [1.82, 2.24) is 10.2 Å². The van der Waals surface area contributed by atoms with Crippen molar-refractivity contribution in [3.05, 3.63) is 48.0 Å². The molecule has 134 valence electrons. The summed E-state index contributed by atoms with van der Waals surface area (Å²) in [7, 11) is 0. The van der Waals surface area contributed by atoms with E-state index in [-0.39, 0.29) is 54.0 Å². The largest absolute Gasteiger partial charge is 0.348 e. The first-order valence-corrected chi connectivity index (χ1v) is 9.44. The summed E-state index contributed by atoms with van der Waals surface area (Å²) in [6, 6.07) is 9.50. The molecule has 5 aliphatic rings. The molecule has 7 atom stereocenters. The summed E-state index contributed by atoms with van der Waals surface area (Å²) in [4.78, 5) is 39.4. The summed E-state index contributed by atoms with van der Waals surface area (Å²) in [5, 5.41) is 2.90. The zero-order valence-electron chi connectivity index (χ0n) is 14.7. The number of benzene rings is 1. The van der Waals surface area contributed by atoms with Crippen molar-refractivity contribution < 1.29 is 14.4 Å². The van der Waals surface area contributed by atoms with E-state index >= 15 is 0 Å². The highest BCUT2D eigenvalue weighted by molar-refractivity contribution is 6.08. The minimum Gasteiger partial charge on any atom is -0.348 e. The second-order valence-electron chi connectivity index (χ2n) is 8.12. The average Bonchev–Trinajstić information content (AvgIpc) is 3.43. The maximum Gasteiger partial charge on any atom is 0.240 e. The van der Waals surface area contributed by atoms with Crippen LogP contribution in [0.4, 0.5) is 0 Å². The van der Waals surface area contributed by atoms with Gasteiger partial charge in [-0.2, -0.15) is 0 Å². The zero-order chi connectivity index (χ0) is 18.0. The van der Waals surface area contributed by atoms with Gasteiger partial charge in [0.25, 0.3) is 0 Å². The number of hydrogen-bond donors (Lipinski definition) is 1. The normalized spacial score (nSPS) is 37.3. The monoisotopic (exact) mass is 350 g/mol. The van der Waals surface area contributed by atoms with Gasteiger partial charge in [-0.3, -0.25) is 19.3 Å². The van der Waals surface area contributed by atoms with Gasteiger partial charge in [0, 0.05) is 0 Å². The van der Waals surface area contributed by atoms with Crippen molar-refractivity contribution in [1.29, 1.82) is 0 Å². The molecule has 4 aliphatic carbocycles. The van der Waals surface area contributed by atoms with Crippen molar-refractivity contribution in [2.45, 2.75) is 19.4 Å². The molecule has 3 fully saturated rings. The predicted octanol–water partition coefficient (Wildman–Crippen LogP) is 1.92. The third kappa shape index (κ3) is 2.19. The highest BCUT2D eigenvalue weighted by Crippen LogP contribution is 2.65. The van der Waals surface area contributed by atoms with Crippen LogP contribution in [0.25, 0.3) is 0 Å². The Morgan fingerprint density at radius 2 is 1.65 bits per heavy atom. The van der Waals surface area contributed by atoms with Crippen molar-refractivity contribution in [2.24, 2.45) is 35.5 Å². The Morgan fingerprint density at radius 1 is 1.08 bits per heavy atom. The number of rotatable bonds is 4. The molecule has 1 saturated heterocycles. The summed E-state index contributed by atoms with van der Waals surface area (Å²) in [5.41, 5.74) is 0.996. The fraction of sp³-hybridized carbons (Fsp3) is 0.476. The number of nitrogens with zero attached hydrogens (tertiary/aromatic N) is 1. The van der Waals surface area contributed by atoms with E-state index < -0.39 is 0 Å². The second kappa shape index (κ2) is 5.53. The Hall–Kier alpha value is -2.43. The molecule has 7 unspecified atom stereocenters. The first kappa shape index (κ1) is 15.8. The molecular weight excluding hydrogens is 328 g/mol. The van der Waals surface area contributed by atoms with Crippen molar-refractivity contribution in [3.8, 4) is 0 Å². The maximum absolute atomic E-state index is 12.9. The van der Waals surface area contributed by atoms with Gasteiger partial charge in [0.05, 0.1) is 17.9 Å². The Kier molecular flexibility index (Phi) is 3.36. The number of amides is 3. The molecule has 26 heavy (non-hydrogen) atoms. The quantitative estimate of drug-likeness (QED) is 0.666. The molecule has 0 radical (unpaired) electrons. The van der Waals surface area contributed by atoms with Crippen LogP contribution in [-0.4, -0.2) is 29.2 Å². The molecule has 2 bridgehead atoms. The van der Waals surface area contributed by atoms with E-state index in [4.69, 9.17) is 0 Å². The molecule has 1 N–H and O–H groups in total. The van der Waals surface area contributed by atoms with Gasteiger partial charge in [0.1, 0.15) is 6.54 Å². The number of carbonyl (C=O) groups excluding carboxylic acids is 3. The zero-order valence-corrected chi connectivity index (χ0v) is 14.7. The van der Waals surface area contributed by atoms with Gasteiger partial charge in [-0.25, -0.2) is 0 Å². The van der Waals surface area contributed by atoms with Gasteiger partial charge < -0.3 is 5.32 Å². The molecule has 5 heteroatoms. The molecule has 5 nitrogen and oxygen atoms in total. The van der Waals surface area contributed by atoms with Gasteiger partial charge >= 0.3 is 0 Å². The molecular formula is C21H22N2O3.